The zero-order valence-corrected chi connectivity index (χ0v) is 9.94. The van der Waals surface area contributed by atoms with Gasteiger partial charge in [-0.25, -0.2) is 0 Å². The first-order valence-electron chi connectivity index (χ1n) is 5.51. The molecule has 0 saturated carbocycles. The molecular weight excluding hydrogens is 212 g/mol. The van der Waals surface area contributed by atoms with E-state index in [9.17, 15) is 4.79 Å². The topological polar surface area (TPSA) is 26.3 Å². The number of rotatable bonds is 3. The standard InChI is InChI=1S/C15H14O2/c1-11-10-14(8-9-15(11)12(2)16)17-13-6-4-3-5-7-13/h3-10H,1-2H3. The van der Waals surface area contributed by atoms with Gasteiger partial charge in [-0.2, -0.15) is 0 Å². The van der Waals surface area contributed by atoms with Crippen LogP contribution in [0.15, 0.2) is 48.5 Å². The first kappa shape index (κ1) is 11.4. The lowest BCUT2D eigenvalue weighted by Gasteiger charge is -2.08. The van der Waals surface area contributed by atoms with Crippen LogP contribution in [-0.2, 0) is 0 Å². The van der Waals surface area contributed by atoms with Crippen molar-refractivity contribution in [3.63, 3.8) is 0 Å². The molecule has 0 aliphatic rings. The van der Waals surface area contributed by atoms with E-state index in [2.05, 4.69) is 0 Å². The number of ether oxygens (including phenoxy) is 1. The molecule has 2 nitrogen and oxygen atoms in total. The third kappa shape index (κ3) is 2.72. The molecule has 0 saturated heterocycles. The van der Waals surface area contributed by atoms with Gasteiger partial charge in [0.25, 0.3) is 0 Å². The molecule has 2 aromatic rings. The number of para-hydroxylation sites is 1. The molecule has 0 spiro atoms. The van der Waals surface area contributed by atoms with Gasteiger partial charge in [0, 0.05) is 5.56 Å². The molecule has 0 bridgehead atoms. The molecular formula is C15H14O2. The predicted molar refractivity (Wildman–Crippen MR) is 67.7 cm³/mol. The van der Waals surface area contributed by atoms with Crippen molar-refractivity contribution in [3.05, 3.63) is 59.7 Å². The van der Waals surface area contributed by atoms with Gasteiger partial charge in [0.1, 0.15) is 11.5 Å². The number of Topliss-reactive ketones (excluding diaryl/α,β-unsaturated/α-hetero) is 1. The minimum atomic E-state index is 0.0776. The molecule has 17 heavy (non-hydrogen) atoms. The van der Waals surface area contributed by atoms with Crippen LogP contribution >= 0.6 is 0 Å². The van der Waals surface area contributed by atoms with Crippen LogP contribution in [0.2, 0.25) is 0 Å². The molecule has 0 aromatic heterocycles. The maximum Gasteiger partial charge on any atom is 0.160 e. The molecule has 0 aliphatic heterocycles. The lowest BCUT2D eigenvalue weighted by Crippen LogP contribution is -1.96. The summed E-state index contributed by atoms with van der Waals surface area (Å²) in [6.07, 6.45) is 0. The Labute approximate surface area is 101 Å². The third-order valence-corrected chi connectivity index (χ3v) is 2.56. The highest BCUT2D eigenvalue weighted by atomic mass is 16.5. The van der Waals surface area contributed by atoms with Crippen molar-refractivity contribution in [2.24, 2.45) is 0 Å². The maximum absolute atomic E-state index is 11.3. The molecule has 0 fully saturated rings. The van der Waals surface area contributed by atoms with Crippen molar-refractivity contribution in [3.8, 4) is 11.5 Å². The van der Waals surface area contributed by atoms with Crippen molar-refractivity contribution < 1.29 is 9.53 Å². The number of hydrogen-bond donors (Lipinski definition) is 0. The Morgan fingerprint density at radius 3 is 2.29 bits per heavy atom. The van der Waals surface area contributed by atoms with Gasteiger partial charge < -0.3 is 4.74 Å². The second-order valence-corrected chi connectivity index (χ2v) is 3.95. The second-order valence-electron chi connectivity index (χ2n) is 3.95. The van der Waals surface area contributed by atoms with Crippen molar-refractivity contribution in [1.29, 1.82) is 0 Å². The van der Waals surface area contributed by atoms with E-state index in [0.29, 0.717) is 0 Å². The fraction of sp³-hybridized carbons (Fsp3) is 0.133. The zero-order chi connectivity index (χ0) is 12.3. The molecule has 0 radical (unpaired) electrons. The number of carbonyl (C=O) groups is 1. The SMILES string of the molecule is CC(=O)c1ccc(Oc2ccccc2)cc1C. The molecule has 0 atom stereocenters. The van der Waals surface area contributed by atoms with Crippen molar-refractivity contribution in [2.45, 2.75) is 13.8 Å². The van der Waals surface area contributed by atoms with Crippen LogP contribution in [0.25, 0.3) is 0 Å². The minimum Gasteiger partial charge on any atom is -0.457 e. The smallest absolute Gasteiger partial charge is 0.160 e. The molecule has 0 N–H and O–H groups in total. The van der Waals surface area contributed by atoms with Crippen LogP contribution < -0.4 is 4.74 Å². The summed E-state index contributed by atoms with van der Waals surface area (Å²) < 4.78 is 5.68. The highest BCUT2D eigenvalue weighted by Crippen LogP contribution is 2.23. The Kier molecular flexibility index (Phi) is 3.24. The lowest BCUT2D eigenvalue weighted by atomic mass is 10.1. The highest BCUT2D eigenvalue weighted by Gasteiger charge is 2.05. The quantitative estimate of drug-likeness (QED) is 0.740. The van der Waals surface area contributed by atoms with Gasteiger partial charge in [0.15, 0.2) is 5.78 Å². The summed E-state index contributed by atoms with van der Waals surface area (Å²) in [5.74, 6) is 1.62. The number of carbonyl (C=O) groups excluding carboxylic acids is 1. The maximum atomic E-state index is 11.3. The zero-order valence-electron chi connectivity index (χ0n) is 9.94. The van der Waals surface area contributed by atoms with Crippen LogP contribution in [0.5, 0.6) is 11.5 Å². The second kappa shape index (κ2) is 4.83. The van der Waals surface area contributed by atoms with Crippen LogP contribution in [0.3, 0.4) is 0 Å². The van der Waals surface area contributed by atoms with Crippen LogP contribution in [0, 0.1) is 6.92 Å². The molecule has 0 heterocycles. The van der Waals surface area contributed by atoms with E-state index in [0.717, 1.165) is 22.6 Å². The van der Waals surface area contributed by atoms with E-state index in [1.54, 1.807) is 13.0 Å². The summed E-state index contributed by atoms with van der Waals surface area (Å²) in [4.78, 5) is 11.3. The van der Waals surface area contributed by atoms with Gasteiger partial charge in [-0.3, -0.25) is 4.79 Å². The Balaban J connectivity index is 2.24. The van der Waals surface area contributed by atoms with E-state index >= 15 is 0 Å². The van der Waals surface area contributed by atoms with E-state index in [1.165, 1.54) is 0 Å². The Hall–Kier alpha value is -2.09. The fourth-order valence-electron chi connectivity index (χ4n) is 1.72. The van der Waals surface area contributed by atoms with Crippen molar-refractivity contribution in [1.82, 2.24) is 0 Å². The van der Waals surface area contributed by atoms with Crippen LogP contribution in [0.1, 0.15) is 22.8 Å². The average molecular weight is 226 g/mol. The summed E-state index contributed by atoms with van der Waals surface area (Å²) in [5, 5.41) is 0. The Morgan fingerprint density at radius 2 is 1.71 bits per heavy atom. The summed E-state index contributed by atoms with van der Waals surface area (Å²) in [6.45, 7) is 3.48. The summed E-state index contributed by atoms with van der Waals surface area (Å²) >= 11 is 0. The van der Waals surface area contributed by atoms with Gasteiger partial charge >= 0.3 is 0 Å². The number of hydrogen-bond acceptors (Lipinski definition) is 2. The monoisotopic (exact) mass is 226 g/mol. The van der Waals surface area contributed by atoms with Gasteiger partial charge in [-0.05, 0) is 49.7 Å². The molecule has 0 amide bonds. The largest absolute Gasteiger partial charge is 0.457 e. The van der Waals surface area contributed by atoms with Crippen molar-refractivity contribution >= 4 is 5.78 Å². The molecule has 0 aliphatic carbocycles. The van der Waals surface area contributed by atoms with E-state index in [-0.39, 0.29) is 5.78 Å². The third-order valence-electron chi connectivity index (χ3n) is 2.56. The van der Waals surface area contributed by atoms with E-state index in [1.807, 2.05) is 49.4 Å². The normalized spacial score (nSPS) is 10.0. The molecule has 0 unspecified atom stereocenters. The predicted octanol–water partition coefficient (Wildman–Crippen LogP) is 3.99. The highest BCUT2D eigenvalue weighted by molar-refractivity contribution is 5.95. The fourth-order valence-corrected chi connectivity index (χ4v) is 1.72. The first-order chi connectivity index (χ1) is 8.16. The van der Waals surface area contributed by atoms with E-state index < -0.39 is 0 Å². The number of benzene rings is 2. The summed E-state index contributed by atoms with van der Waals surface area (Å²) in [6, 6.07) is 15.1. The number of aryl methyl sites for hydroxylation is 1. The number of ketones is 1. The van der Waals surface area contributed by atoms with Gasteiger partial charge in [0.05, 0.1) is 0 Å². The minimum absolute atomic E-state index is 0.0776. The van der Waals surface area contributed by atoms with Crippen LogP contribution in [0.4, 0.5) is 0 Å². The lowest BCUT2D eigenvalue weighted by molar-refractivity contribution is 0.101. The molecule has 86 valence electrons. The Morgan fingerprint density at radius 1 is 1.00 bits per heavy atom. The Bertz CT molecular complexity index is 530. The van der Waals surface area contributed by atoms with Gasteiger partial charge in [-0.15, -0.1) is 0 Å². The van der Waals surface area contributed by atoms with Crippen molar-refractivity contribution in [2.75, 3.05) is 0 Å². The van der Waals surface area contributed by atoms with E-state index in [4.69, 9.17) is 4.74 Å². The first-order valence-corrected chi connectivity index (χ1v) is 5.51. The summed E-state index contributed by atoms with van der Waals surface area (Å²) in [5.41, 5.74) is 1.68. The molecule has 2 aromatic carbocycles. The van der Waals surface area contributed by atoms with Gasteiger partial charge in [-0.1, -0.05) is 18.2 Å². The molecule has 2 heteroatoms. The molecule has 2 rings (SSSR count). The van der Waals surface area contributed by atoms with Crippen LogP contribution in [-0.4, -0.2) is 5.78 Å². The average Bonchev–Trinajstić information content (AvgIpc) is 2.30. The van der Waals surface area contributed by atoms with Gasteiger partial charge in [0.2, 0.25) is 0 Å². The summed E-state index contributed by atoms with van der Waals surface area (Å²) in [7, 11) is 0.